The minimum atomic E-state index is -1.21. The van der Waals surface area contributed by atoms with Crippen LogP contribution in [0, 0.1) is 23.4 Å². The van der Waals surface area contributed by atoms with Gasteiger partial charge in [0.15, 0.2) is 11.6 Å². The van der Waals surface area contributed by atoms with Crippen LogP contribution in [-0.2, 0) is 16.0 Å². The fourth-order valence-electron chi connectivity index (χ4n) is 4.53. The molecule has 2 fully saturated rings. The van der Waals surface area contributed by atoms with Crippen LogP contribution in [0.4, 0.5) is 13.2 Å². The van der Waals surface area contributed by atoms with Gasteiger partial charge in [-0.15, -0.1) is 0 Å². The standard InChI is InChI=1S/C20H25F3N2O2/c1-11(26)2-5-20(27)25-14-3-4-15(25)7-13(6-14)19(24)9-12-8-17(22)18(23)10-16(12)21/h8,10,13-15,19H,2-7,9,24H2,1H3/t13?,14-,15+,19-/m0/s1. The van der Waals surface area contributed by atoms with Crippen LogP contribution in [0.5, 0.6) is 0 Å². The Hall–Kier alpha value is -1.89. The summed E-state index contributed by atoms with van der Waals surface area (Å²) in [6, 6.07) is 1.22. The monoisotopic (exact) mass is 382 g/mol. The molecule has 0 radical (unpaired) electrons. The molecule has 1 amide bonds. The summed E-state index contributed by atoms with van der Waals surface area (Å²) in [5.41, 5.74) is 6.36. The minimum Gasteiger partial charge on any atom is -0.337 e. The van der Waals surface area contributed by atoms with Crippen molar-refractivity contribution in [1.82, 2.24) is 4.90 Å². The zero-order chi connectivity index (χ0) is 19.7. The Labute approximate surface area is 156 Å². The number of carbonyl (C=O) groups is 2. The van der Waals surface area contributed by atoms with E-state index in [4.69, 9.17) is 5.73 Å². The smallest absolute Gasteiger partial charge is 0.223 e. The lowest BCUT2D eigenvalue weighted by Crippen LogP contribution is -2.50. The predicted octanol–water partition coefficient (Wildman–Crippen LogP) is 3.11. The average Bonchev–Trinajstić information content (AvgIpc) is 2.87. The number of nitrogens with zero attached hydrogens (tertiary/aromatic N) is 1. The van der Waals surface area contributed by atoms with Crippen molar-refractivity contribution in [1.29, 1.82) is 0 Å². The number of ketones is 1. The van der Waals surface area contributed by atoms with Gasteiger partial charge in [0.2, 0.25) is 5.91 Å². The zero-order valence-electron chi connectivity index (χ0n) is 15.4. The summed E-state index contributed by atoms with van der Waals surface area (Å²) in [7, 11) is 0. The first-order chi connectivity index (χ1) is 12.8. The van der Waals surface area contributed by atoms with E-state index in [0.29, 0.717) is 6.07 Å². The Balaban J connectivity index is 1.63. The molecular weight excluding hydrogens is 357 g/mol. The summed E-state index contributed by atoms with van der Waals surface area (Å²) in [5, 5.41) is 0. The van der Waals surface area contributed by atoms with Gasteiger partial charge in [-0.3, -0.25) is 4.79 Å². The van der Waals surface area contributed by atoms with Gasteiger partial charge in [0.1, 0.15) is 11.6 Å². The number of Topliss-reactive ketones (excluding diaryl/α,β-unsaturated/α-hetero) is 1. The van der Waals surface area contributed by atoms with E-state index in [0.717, 1.165) is 31.7 Å². The van der Waals surface area contributed by atoms with E-state index >= 15 is 0 Å². The van der Waals surface area contributed by atoms with Crippen molar-refractivity contribution in [3.8, 4) is 0 Å². The molecule has 148 valence electrons. The van der Waals surface area contributed by atoms with E-state index in [1.807, 2.05) is 4.90 Å². The summed E-state index contributed by atoms with van der Waals surface area (Å²) >= 11 is 0. The molecule has 7 heteroatoms. The highest BCUT2D eigenvalue weighted by atomic mass is 19.2. The van der Waals surface area contributed by atoms with Crippen molar-refractivity contribution >= 4 is 11.7 Å². The number of rotatable bonds is 6. The molecule has 27 heavy (non-hydrogen) atoms. The zero-order valence-corrected chi connectivity index (χ0v) is 15.4. The highest BCUT2D eigenvalue weighted by molar-refractivity contribution is 5.84. The second kappa shape index (κ2) is 8.00. The lowest BCUT2D eigenvalue weighted by Gasteiger charge is -2.41. The Bertz CT molecular complexity index is 726. The number of benzene rings is 1. The number of hydrogen-bond acceptors (Lipinski definition) is 3. The maximum atomic E-state index is 13.9. The molecule has 1 unspecified atom stereocenters. The third-order valence-electron chi connectivity index (χ3n) is 5.90. The van der Waals surface area contributed by atoms with Crippen molar-refractivity contribution in [2.45, 2.75) is 70.0 Å². The highest BCUT2D eigenvalue weighted by Crippen LogP contribution is 2.40. The van der Waals surface area contributed by atoms with E-state index < -0.39 is 17.5 Å². The van der Waals surface area contributed by atoms with Gasteiger partial charge < -0.3 is 15.4 Å². The van der Waals surface area contributed by atoms with Gasteiger partial charge >= 0.3 is 0 Å². The first kappa shape index (κ1) is 19.9. The van der Waals surface area contributed by atoms with Crippen LogP contribution in [0.2, 0.25) is 0 Å². The van der Waals surface area contributed by atoms with Gasteiger partial charge in [0.05, 0.1) is 0 Å². The fraction of sp³-hybridized carbons (Fsp3) is 0.600. The number of amides is 1. The van der Waals surface area contributed by atoms with Gasteiger partial charge in [-0.1, -0.05) is 0 Å². The predicted molar refractivity (Wildman–Crippen MR) is 94.3 cm³/mol. The number of piperidine rings is 1. The SMILES string of the molecule is CC(=O)CCC(=O)N1[C@@H]2CC[C@H]1CC([C@@H](N)Cc1cc(F)c(F)cc1F)C2. The van der Waals surface area contributed by atoms with Crippen molar-refractivity contribution in [2.75, 3.05) is 0 Å². The molecule has 4 atom stereocenters. The molecule has 0 spiro atoms. The van der Waals surface area contributed by atoms with Crippen LogP contribution in [0.15, 0.2) is 12.1 Å². The summed E-state index contributed by atoms with van der Waals surface area (Å²) in [6.45, 7) is 1.48. The highest BCUT2D eigenvalue weighted by Gasteiger charge is 2.44. The van der Waals surface area contributed by atoms with Crippen molar-refractivity contribution < 1.29 is 22.8 Å². The Morgan fingerprint density at radius 1 is 1.07 bits per heavy atom. The summed E-state index contributed by atoms with van der Waals surface area (Å²) in [6.07, 6.45) is 3.86. The minimum absolute atomic E-state index is 0.00108. The molecular formula is C20H25F3N2O2. The summed E-state index contributed by atoms with van der Waals surface area (Å²) in [4.78, 5) is 25.5. The molecule has 0 aliphatic carbocycles. The maximum absolute atomic E-state index is 13.9. The lowest BCUT2D eigenvalue weighted by molar-refractivity contribution is -0.137. The average molecular weight is 382 g/mol. The largest absolute Gasteiger partial charge is 0.337 e. The van der Waals surface area contributed by atoms with Crippen LogP contribution >= 0.6 is 0 Å². The molecule has 3 rings (SSSR count). The van der Waals surface area contributed by atoms with Crippen LogP contribution in [0.1, 0.15) is 51.0 Å². The molecule has 2 N–H and O–H groups in total. The van der Waals surface area contributed by atoms with Crippen molar-refractivity contribution in [3.05, 3.63) is 35.1 Å². The third kappa shape index (κ3) is 4.34. The Morgan fingerprint density at radius 3 is 2.26 bits per heavy atom. The maximum Gasteiger partial charge on any atom is 0.223 e. The molecule has 2 saturated heterocycles. The molecule has 1 aromatic carbocycles. The molecule has 2 aliphatic rings. The molecule has 1 aromatic rings. The van der Waals surface area contributed by atoms with Gasteiger partial charge in [0.25, 0.3) is 0 Å². The first-order valence-corrected chi connectivity index (χ1v) is 9.45. The molecule has 0 saturated carbocycles. The second-order valence-corrected chi connectivity index (χ2v) is 7.85. The van der Waals surface area contributed by atoms with E-state index in [1.54, 1.807) is 0 Å². The third-order valence-corrected chi connectivity index (χ3v) is 5.90. The molecule has 2 heterocycles. The fourth-order valence-corrected chi connectivity index (χ4v) is 4.53. The number of halogens is 3. The van der Waals surface area contributed by atoms with Crippen molar-refractivity contribution in [3.63, 3.8) is 0 Å². The van der Waals surface area contributed by atoms with Gasteiger partial charge in [0, 0.05) is 37.0 Å². The van der Waals surface area contributed by atoms with Crippen LogP contribution < -0.4 is 5.73 Å². The molecule has 0 aromatic heterocycles. The van der Waals surface area contributed by atoms with E-state index in [2.05, 4.69) is 0 Å². The molecule has 4 nitrogen and oxygen atoms in total. The number of hydrogen-bond donors (Lipinski definition) is 1. The van der Waals surface area contributed by atoms with Crippen LogP contribution in [-0.4, -0.2) is 34.7 Å². The number of nitrogens with two attached hydrogens (primary N) is 1. The van der Waals surface area contributed by atoms with E-state index in [1.165, 1.54) is 6.92 Å². The van der Waals surface area contributed by atoms with E-state index in [9.17, 15) is 22.8 Å². The Morgan fingerprint density at radius 2 is 1.67 bits per heavy atom. The van der Waals surface area contributed by atoms with Gasteiger partial charge in [-0.05, 0) is 56.6 Å². The van der Waals surface area contributed by atoms with E-state index in [-0.39, 0.29) is 60.6 Å². The quantitative estimate of drug-likeness (QED) is 0.769. The van der Waals surface area contributed by atoms with Crippen LogP contribution in [0.3, 0.4) is 0 Å². The molecule has 2 bridgehead atoms. The number of fused-ring (bicyclic) bond motifs is 2. The normalized spacial score (nSPS) is 25.5. The van der Waals surface area contributed by atoms with Gasteiger partial charge in [-0.2, -0.15) is 0 Å². The Kier molecular flexibility index (Phi) is 5.89. The molecule has 2 aliphatic heterocycles. The van der Waals surface area contributed by atoms with Crippen molar-refractivity contribution in [2.24, 2.45) is 11.7 Å². The lowest BCUT2D eigenvalue weighted by atomic mass is 9.82. The van der Waals surface area contributed by atoms with Gasteiger partial charge in [-0.25, -0.2) is 13.2 Å². The second-order valence-electron chi connectivity index (χ2n) is 7.85. The number of carbonyl (C=O) groups excluding carboxylic acids is 2. The topological polar surface area (TPSA) is 63.4 Å². The summed E-state index contributed by atoms with van der Waals surface area (Å²) in [5.74, 6) is -2.97. The first-order valence-electron chi connectivity index (χ1n) is 9.45. The summed E-state index contributed by atoms with van der Waals surface area (Å²) < 4.78 is 40.4. The van der Waals surface area contributed by atoms with Crippen LogP contribution in [0.25, 0.3) is 0 Å².